The summed E-state index contributed by atoms with van der Waals surface area (Å²) in [5.74, 6) is 0.955. The van der Waals surface area contributed by atoms with Crippen LogP contribution in [0.4, 0.5) is 11.4 Å². The number of ether oxygens (including phenoxy) is 3. The number of hydrogen-bond donors (Lipinski definition) is 1. The average molecular weight is 501 g/mol. The van der Waals surface area contributed by atoms with Crippen LogP contribution in [0.25, 0.3) is 10.9 Å². The molecule has 2 aromatic heterocycles. The Labute approximate surface area is 214 Å². The number of ketones is 1. The van der Waals surface area contributed by atoms with Crippen molar-refractivity contribution in [2.45, 2.75) is 6.54 Å². The Balaban J connectivity index is 1.52. The van der Waals surface area contributed by atoms with Gasteiger partial charge in [0.25, 0.3) is 5.91 Å². The Hall–Kier alpha value is -4.37. The molecule has 1 aliphatic heterocycles. The summed E-state index contributed by atoms with van der Waals surface area (Å²) in [5, 5.41) is 4.23. The van der Waals surface area contributed by atoms with E-state index in [2.05, 4.69) is 10.3 Å². The van der Waals surface area contributed by atoms with Crippen LogP contribution in [0.3, 0.4) is 0 Å². The average Bonchev–Trinajstić information content (AvgIpc) is 3.30. The summed E-state index contributed by atoms with van der Waals surface area (Å²) < 4.78 is 17.7. The van der Waals surface area contributed by atoms with Gasteiger partial charge in [-0.25, -0.2) is 4.98 Å². The van der Waals surface area contributed by atoms with E-state index in [1.807, 2.05) is 30.3 Å². The predicted octanol–water partition coefficient (Wildman–Crippen LogP) is 4.15. The summed E-state index contributed by atoms with van der Waals surface area (Å²) in [5.41, 5.74) is 3.42. The van der Waals surface area contributed by atoms with Gasteiger partial charge in [-0.05, 0) is 48.5 Å². The van der Waals surface area contributed by atoms with E-state index in [4.69, 9.17) is 14.2 Å². The molecule has 37 heavy (non-hydrogen) atoms. The van der Waals surface area contributed by atoms with Crippen LogP contribution in [-0.4, -0.2) is 66.7 Å². The van der Waals surface area contributed by atoms with E-state index >= 15 is 0 Å². The van der Waals surface area contributed by atoms with Crippen LogP contribution >= 0.6 is 0 Å². The molecule has 1 amide bonds. The second-order valence-electron chi connectivity index (χ2n) is 8.66. The third kappa shape index (κ3) is 5.26. The van der Waals surface area contributed by atoms with Crippen LogP contribution < -0.4 is 14.8 Å². The number of amides is 1. The molecule has 5 rings (SSSR count). The van der Waals surface area contributed by atoms with Crippen LogP contribution in [0, 0.1) is 0 Å². The highest BCUT2D eigenvalue weighted by atomic mass is 16.5. The topological polar surface area (TPSA) is 94.9 Å². The molecule has 9 nitrogen and oxygen atoms in total. The summed E-state index contributed by atoms with van der Waals surface area (Å²) in [6.45, 7) is 2.06. The molecule has 1 aliphatic rings. The van der Waals surface area contributed by atoms with Crippen LogP contribution in [0.1, 0.15) is 20.8 Å². The zero-order valence-corrected chi connectivity index (χ0v) is 20.8. The van der Waals surface area contributed by atoms with Crippen LogP contribution in [0.15, 0.2) is 66.9 Å². The molecule has 0 atom stereocenters. The van der Waals surface area contributed by atoms with Crippen molar-refractivity contribution in [3.05, 3.63) is 78.1 Å². The summed E-state index contributed by atoms with van der Waals surface area (Å²) in [4.78, 5) is 32.7. The Morgan fingerprint density at radius 3 is 2.43 bits per heavy atom. The van der Waals surface area contributed by atoms with Gasteiger partial charge in [-0.15, -0.1) is 0 Å². The van der Waals surface area contributed by atoms with Gasteiger partial charge >= 0.3 is 0 Å². The molecule has 4 aromatic rings. The van der Waals surface area contributed by atoms with E-state index in [1.54, 1.807) is 60.2 Å². The fourth-order valence-corrected chi connectivity index (χ4v) is 4.39. The smallest absolute Gasteiger partial charge is 0.270 e. The summed E-state index contributed by atoms with van der Waals surface area (Å²) in [6.07, 6.45) is 1.66. The maximum atomic E-state index is 13.5. The molecule has 3 heterocycles. The fraction of sp³-hybridized carbons (Fsp3) is 0.250. The first-order chi connectivity index (χ1) is 18.1. The molecule has 0 saturated carbocycles. The minimum absolute atomic E-state index is 0.0216. The van der Waals surface area contributed by atoms with E-state index < -0.39 is 0 Å². The number of aromatic nitrogens is 2. The zero-order valence-electron chi connectivity index (χ0n) is 20.8. The van der Waals surface area contributed by atoms with Crippen molar-refractivity contribution in [1.82, 2.24) is 14.5 Å². The molecule has 190 valence electrons. The predicted molar refractivity (Wildman–Crippen MR) is 140 cm³/mol. The van der Waals surface area contributed by atoms with Crippen molar-refractivity contribution in [3.8, 4) is 11.6 Å². The molecule has 1 fully saturated rings. The number of Topliss-reactive ketones (excluding diaryl/α,β-unsaturated/α-hetero) is 1. The molecule has 0 spiro atoms. The van der Waals surface area contributed by atoms with Gasteiger partial charge < -0.3 is 29.0 Å². The van der Waals surface area contributed by atoms with Gasteiger partial charge in [0.2, 0.25) is 5.88 Å². The molecule has 0 unspecified atom stereocenters. The first-order valence-corrected chi connectivity index (χ1v) is 12.0. The van der Waals surface area contributed by atoms with Crippen LogP contribution in [-0.2, 0) is 11.3 Å². The minimum Gasteiger partial charge on any atom is -0.497 e. The van der Waals surface area contributed by atoms with Gasteiger partial charge in [0.15, 0.2) is 5.78 Å². The molecule has 0 aliphatic carbocycles. The van der Waals surface area contributed by atoms with Crippen LogP contribution in [0.2, 0.25) is 0 Å². The number of fused-ring (bicyclic) bond motifs is 1. The first-order valence-electron chi connectivity index (χ1n) is 12.0. The van der Waals surface area contributed by atoms with E-state index in [-0.39, 0.29) is 18.2 Å². The molecule has 0 radical (unpaired) electrons. The Bertz CT molecular complexity index is 1420. The number of methoxy groups -OCH3 is 2. The van der Waals surface area contributed by atoms with E-state index in [9.17, 15) is 9.59 Å². The standard InChI is InChI=1S/C28H28N4O5/c1-35-23-7-4-19(5-8-23)26(33)18-32-24-16-21(30-22-9-10-29-27(17-22)36-2)6-3-20(24)15-25(32)28(34)31-11-13-37-14-12-31/h3-10,15-17H,11-14,18H2,1-2H3,(H,29,30). The molecule has 9 heteroatoms. The Morgan fingerprint density at radius 1 is 0.946 bits per heavy atom. The lowest BCUT2D eigenvalue weighted by Crippen LogP contribution is -2.41. The summed E-state index contributed by atoms with van der Waals surface area (Å²) in [6, 6.07) is 18.3. The van der Waals surface area contributed by atoms with E-state index in [0.29, 0.717) is 49.2 Å². The number of nitrogens with one attached hydrogen (secondary N) is 1. The van der Waals surface area contributed by atoms with Gasteiger partial charge in [0.05, 0.1) is 39.5 Å². The number of pyridine rings is 1. The molecular formula is C28H28N4O5. The molecule has 1 saturated heterocycles. The summed E-state index contributed by atoms with van der Waals surface area (Å²) >= 11 is 0. The Morgan fingerprint density at radius 2 is 1.70 bits per heavy atom. The fourth-order valence-electron chi connectivity index (χ4n) is 4.39. The lowest BCUT2D eigenvalue weighted by Gasteiger charge is -2.27. The third-order valence-electron chi connectivity index (χ3n) is 6.37. The second kappa shape index (κ2) is 10.7. The number of nitrogens with zero attached hydrogens (tertiary/aromatic N) is 3. The van der Waals surface area contributed by atoms with E-state index in [0.717, 1.165) is 22.3 Å². The van der Waals surface area contributed by atoms with Crippen molar-refractivity contribution in [2.75, 3.05) is 45.8 Å². The van der Waals surface area contributed by atoms with Crippen molar-refractivity contribution < 1.29 is 23.8 Å². The molecule has 0 bridgehead atoms. The molecular weight excluding hydrogens is 472 g/mol. The van der Waals surface area contributed by atoms with E-state index in [1.165, 1.54) is 0 Å². The van der Waals surface area contributed by atoms with Crippen molar-refractivity contribution in [2.24, 2.45) is 0 Å². The quantitative estimate of drug-likeness (QED) is 0.363. The highest BCUT2D eigenvalue weighted by molar-refractivity contribution is 6.02. The maximum Gasteiger partial charge on any atom is 0.270 e. The normalized spacial score (nSPS) is 13.4. The maximum absolute atomic E-state index is 13.5. The molecule has 2 aromatic carbocycles. The number of morpholine rings is 1. The van der Waals surface area contributed by atoms with Crippen molar-refractivity contribution in [1.29, 1.82) is 0 Å². The van der Waals surface area contributed by atoms with Gasteiger partial charge in [0.1, 0.15) is 11.4 Å². The van der Waals surface area contributed by atoms with Gasteiger partial charge in [-0.1, -0.05) is 6.07 Å². The van der Waals surface area contributed by atoms with Crippen molar-refractivity contribution in [3.63, 3.8) is 0 Å². The largest absolute Gasteiger partial charge is 0.497 e. The number of carbonyl (C=O) groups is 2. The minimum atomic E-state index is -0.115. The van der Waals surface area contributed by atoms with Crippen molar-refractivity contribution >= 4 is 34.0 Å². The highest BCUT2D eigenvalue weighted by Gasteiger charge is 2.24. The number of rotatable bonds is 8. The number of benzene rings is 2. The zero-order chi connectivity index (χ0) is 25.8. The van der Waals surface area contributed by atoms with Crippen LogP contribution in [0.5, 0.6) is 11.6 Å². The van der Waals surface area contributed by atoms with Gasteiger partial charge in [-0.3, -0.25) is 9.59 Å². The van der Waals surface area contributed by atoms with Gasteiger partial charge in [-0.2, -0.15) is 0 Å². The summed E-state index contributed by atoms with van der Waals surface area (Å²) in [7, 11) is 3.15. The number of hydrogen-bond acceptors (Lipinski definition) is 7. The molecule has 1 N–H and O–H groups in total. The van der Waals surface area contributed by atoms with Gasteiger partial charge in [0, 0.05) is 47.7 Å². The number of carbonyl (C=O) groups excluding carboxylic acids is 2. The number of anilines is 2. The second-order valence-corrected chi connectivity index (χ2v) is 8.66. The monoisotopic (exact) mass is 500 g/mol. The lowest BCUT2D eigenvalue weighted by atomic mass is 10.1. The third-order valence-corrected chi connectivity index (χ3v) is 6.37. The lowest BCUT2D eigenvalue weighted by molar-refractivity contribution is 0.0296. The Kier molecular flexibility index (Phi) is 7.04. The highest BCUT2D eigenvalue weighted by Crippen LogP contribution is 2.28. The SMILES string of the molecule is COc1ccc(C(=O)Cn2c(C(=O)N3CCOCC3)cc3ccc(Nc4ccnc(OC)c4)cc32)cc1. The first kappa shape index (κ1) is 24.3.